The fourth-order valence-corrected chi connectivity index (χ4v) is 3.06. The molecule has 4 heteroatoms. The van der Waals surface area contributed by atoms with Crippen molar-refractivity contribution in [1.29, 1.82) is 0 Å². The molecular weight excluding hydrogens is 228 g/mol. The minimum atomic E-state index is -0.352. The second-order valence-corrected chi connectivity index (χ2v) is 5.09. The lowest BCUT2D eigenvalue weighted by Crippen LogP contribution is -2.59. The average molecular weight is 244 g/mol. The Morgan fingerprint density at radius 1 is 1.22 bits per heavy atom. The molecule has 0 saturated carbocycles. The molecule has 0 bridgehead atoms. The van der Waals surface area contributed by atoms with E-state index in [1.54, 1.807) is 16.8 Å². The molecular formula is C14H16N2O2. The van der Waals surface area contributed by atoms with Crippen molar-refractivity contribution in [2.24, 2.45) is 0 Å². The number of carbonyl (C=O) groups is 2. The zero-order valence-electron chi connectivity index (χ0n) is 10.6. The summed E-state index contributed by atoms with van der Waals surface area (Å²) in [5.41, 5.74) is 2.28. The van der Waals surface area contributed by atoms with Gasteiger partial charge in [-0.3, -0.25) is 9.59 Å². The lowest BCUT2D eigenvalue weighted by atomic mass is 9.89. The van der Waals surface area contributed by atoms with E-state index in [0.29, 0.717) is 13.0 Å². The first-order valence-electron chi connectivity index (χ1n) is 6.23. The van der Waals surface area contributed by atoms with Crippen molar-refractivity contribution in [1.82, 2.24) is 9.80 Å². The van der Waals surface area contributed by atoms with E-state index in [1.165, 1.54) is 5.56 Å². The Bertz CT molecular complexity index is 526. The number of carbonyl (C=O) groups excluding carboxylic acids is 2. The highest BCUT2D eigenvalue weighted by Gasteiger charge is 2.43. The van der Waals surface area contributed by atoms with Gasteiger partial charge in [0.1, 0.15) is 6.04 Å². The van der Waals surface area contributed by atoms with E-state index in [4.69, 9.17) is 0 Å². The third kappa shape index (κ3) is 1.45. The van der Waals surface area contributed by atoms with Crippen LogP contribution in [-0.4, -0.2) is 41.2 Å². The maximum absolute atomic E-state index is 12.2. The Morgan fingerprint density at radius 2 is 1.94 bits per heavy atom. The van der Waals surface area contributed by atoms with Crippen molar-refractivity contribution in [3.8, 4) is 0 Å². The van der Waals surface area contributed by atoms with Crippen molar-refractivity contribution in [3.05, 3.63) is 35.4 Å². The van der Waals surface area contributed by atoms with Crippen LogP contribution in [0.15, 0.2) is 24.3 Å². The fourth-order valence-electron chi connectivity index (χ4n) is 3.06. The van der Waals surface area contributed by atoms with E-state index >= 15 is 0 Å². The molecule has 2 aliphatic rings. The standard InChI is InChI=1S/C14H16N2O2/c1-9-14(18)15(2)8-12-11-6-4-3-5-10(11)7-13(17)16(9)12/h3-6,9,12H,7-8H2,1-2H3/t9-,12+/m0/s1. The monoisotopic (exact) mass is 244 g/mol. The van der Waals surface area contributed by atoms with E-state index in [1.807, 2.05) is 25.1 Å². The molecule has 1 aromatic rings. The van der Waals surface area contributed by atoms with Gasteiger partial charge in [-0.25, -0.2) is 0 Å². The van der Waals surface area contributed by atoms with Crippen molar-refractivity contribution in [2.75, 3.05) is 13.6 Å². The lowest BCUT2D eigenvalue weighted by molar-refractivity contribution is -0.154. The summed E-state index contributed by atoms with van der Waals surface area (Å²) in [6.07, 6.45) is 0.411. The Balaban J connectivity index is 2.08. The zero-order chi connectivity index (χ0) is 12.9. The molecule has 2 heterocycles. The van der Waals surface area contributed by atoms with Crippen molar-refractivity contribution in [3.63, 3.8) is 0 Å². The summed E-state index contributed by atoms with van der Waals surface area (Å²) in [4.78, 5) is 27.7. The summed E-state index contributed by atoms with van der Waals surface area (Å²) in [7, 11) is 1.80. The summed E-state index contributed by atoms with van der Waals surface area (Å²) >= 11 is 0. The smallest absolute Gasteiger partial charge is 0.244 e. The van der Waals surface area contributed by atoms with E-state index < -0.39 is 0 Å². The van der Waals surface area contributed by atoms with Crippen LogP contribution >= 0.6 is 0 Å². The molecule has 2 atom stereocenters. The van der Waals surface area contributed by atoms with Gasteiger partial charge in [0.2, 0.25) is 11.8 Å². The van der Waals surface area contributed by atoms with Gasteiger partial charge in [0.15, 0.2) is 0 Å². The predicted octanol–water partition coefficient (Wildman–Crippen LogP) is 0.973. The molecule has 1 fully saturated rings. The molecule has 2 aliphatic heterocycles. The van der Waals surface area contributed by atoms with Gasteiger partial charge in [0.25, 0.3) is 0 Å². The van der Waals surface area contributed by atoms with E-state index in [0.717, 1.165) is 5.56 Å². The lowest BCUT2D eigenvalue weighted by Gasteiger charge is -2.46. The molecule has 2 amide bonds. The van der Waals surface area contributed by atoms with Gasteiger partial charge in [0, 0.05) is 13.6 Å². The minimum absolute atomic E-state index is 0.0140. The number of piperazine rings is 1. The van der Waals surface area contributed by atoms with Crippen LogP contribution in [-0.2, 0) is 16.0 Å². The third-order valence-electron chi connectivity index (χ3n) is 3.98. The molecule has 0 aromatic heterocycles. The molecule has 1 aromatic carbocycles. The topological polar surface area (TPSA) is 40.6 Å². The molecule has 0 spiro atoms. The van der Waals surface area contributed by atoms with Crippen molar-refractivity contribution < 1.29 is 9.59 Å². The molecule has 1 saturated heterocycles. The highest BCUT2D eigenvalue weighted by Crippen LogP contribution is 2.35. The largest absolute Gasteiger partial charge is 0.342 e. The van der Waals surface area contributed by atoms with Gasteiger partial charge >= 0.3 is 0 Å². The predicted molar refractivity (Wildman–Crippen MR) is 66.8 cm³/mol. The summed E-state index contributed by atoms with van der Waals surface area (Å²) in [5, 5.41) is 0. The first-order valence-corrected chi connectivity index (χ1v) is 6.23. The Morgan fingerprint density at radius 3 is 2.72 bits per heavy atom. The van der Waals surface area contributed by atoms with Crippen LogP contribution in [0.25, 0.3) is 0 Å². The second-order valence-electron chi connectivity index (χ2n) is 5.09. The summed E-state index contributed by atoms with van der Waals surface area (Å²) < 4.78 is 0. The number of hydrogen-bond donors (Lipinski definition) is 0. The first-order chi connectivity index (χ1) is 8.59. The van der Waals surface area contributed by atoms with Crippen LogP contribution in [0.5, 0.6) is 0 Å². The van der Waals surface area contributed by atoms with Crippen LogP contribution in [0.1, 0.15) is 24.1 Å². The number of fused-ring (bicyclic) bond motifs is 3. The first kappa shape index (κ1) is 11.3. The normalized spacial score (nSPS) is 27.0. The van der Waals surface area contributed by atoms with Crippen LogP contribution < -0.4 is 0 Å². The Hall–Kier alpha value is -1.84. The van der Waals surface area contributed by atoms with Crippen molar-refractivity contribution in [2.45, 2.75) is 25.4 Å². The van der Waals surface area contributed by atoms with E-state index in [-0.39, 0.29) is 23.9 Å². The second kappa shape index (κ2) is 3.83. The maximum atomic E-state index is 12.2. The quantitative estimate of drug-likeness (QED) is 0.682. The molecule has 4 nitrogen and oxygen atoms in total. The minimum Gasteiger partial charge on any atom is -0.342 e. The number of amides is 2. The van der Waals surface area contributed by atoms with Gasteiger partial charge in [-0.1, -0.05) is 24.3 Å². The summed E-state index contributed by atoms with van der Waals surface area (Å²) in [5.74, 6) is 0.0895. The third-order valence-corrected chi connectivity index (χ3v) is 3.98. The number of nitrogens with zero attached hydrogens (tertiary/aromatic N) is 2. The molecule has 18 heavy (non-hydrogen) atoms. The molecule has 3 rings (SSSR count). The number of rotatable bonds is 0. The van der Waals surface area contributed by atoms with E-state index in [2.05, 4.69) is 6.07 Å². The number of benzene rings is 1. The van der Waals surface area contributed by atoms with Crippen LogP contribution in [0, 0.1) is 0 Å². The van der Waals surface area contributed by atoms with Gasteiger partial charge in [-0.2, -0.15) is 0 Å². The van der Waals surface area contributed by atoms with Gasteiger partial charge < -0.3 is 9.80 Å². The molecule has 0 N–H and O–H groups in total. The highest BCUT2D eigenvalue weighted by molar-refractivity contribution is 5.91. The molecule has 0 aliphatic carbocycles. The Kier molecular flexibility index (Phi) is 2.40. The van der Waals surface area contributed by atoms with Crippen LogP contribution in [0.3, 0.4) is 0 Å². The SMILES string of the molecule is C[C@H]1C(=O)N(C)C[C@@H]2c3ccccc3CC(=O)N21. The fraction of sp³-hybridized carbons (Fsp3) is 0.429. The highest BCUT2D eigenvalue weighted by atomic mass is 16.2. The number of hydrogen-bond acceptors (Lipinski definition) is 2. The molecule has 0 radical (unpaired) electrons. The average Bonchev–Trinajstić information content (AvgIpc) is 2.35. The van der Waals surface area contributed by atoms with Crippen molar-refractivity contribution >= 4 is 11.8 Å². The van der Waals surface area contributed by atoms with E-state index in [9.17, 15) is 9.59 Å². The van der Waals surface area contributed by atoms with Gasteiger partial charge in [0.05, 0.1) is 12.5 Å². The molecule has 0 unspecified atom stereocenters. The maximum Gasteiger partial charge on any atom is 0.244 e. The summed E-state index contributed by atoms with van der Waals surface area (Å²) in [6.45, 7) is 2.41. The van der Waals surface area contributed by atoms with Crippen LogP contribution in [0.2, 0.25) is 0 Å². The Labute approximate surface area is 106 Å². The zero-order valence-corrected chi connectivity index (χ0v) is 10.6. The molecule has 94 valence electrons. The number of likely N-dealkylation sites (N-methyl/N-ethyl adjacent to an activating group) is 1. The summed E-state index contributed by atoms with van der Waals surface area (Å²) in [6, 6.07) is 7.69. The van der Waals surface area contributed by atoms with Crippen LogP contribution in [0.4, 0.5) is 0 Å². The van der Waals surface area contributed by atoms with Gasteiger partial charge in [-0.05, 0) is 18.1 Å². The van der Waals surface area contributed by atoms with Gasteiger partial charge in [-0.15, -0.1) is 0 Å².